The van der Waals surface area contributed by atoms with Gasteiger partial charge in [0.25, 0.3) is 5.78 Å². The number of ketones is 2. The van der Waals surface area contributed by atoms with Crippen LogP contribution < -0.4 is 4.90 Å². The zero-order chi connectivity index (χ0) is 19.7. The molecule has 136 valence electrons. The van der Waals surface area contributed by atoms with Gasteiger partial charge >= 0.3 is 11.9 Å². The molecule has 0 spiro atoms. The lowest BCUT2D eigenvalue weighted by molar-refractivity contribution is -0.136. The third-order valence-electron chi connectivity index (χ3n) is 4.09. The van der Waals surface area contributed by atoms with Crippen LogP contribution in [0.3, 0.4) is 0 Å². The van der Waals surface area contributed by atoms with Crippen molar-refractivity contribution in [1.82, 2.24) is 0 Å². The lowest BCUT2D eigenvalue weighted by Gasteiger charge is -2.18. The molecule has 0 aromatic heterocycles. The molecule has 0 aliphatic carbocycles. The van der Waals surface area contributed by atoms with E-state index in [1.165, 1.54) is 24.3 Å². The van der Waals surface area contributed by atoms with E-state index in [9.17, 15) is 19.2 Å². The van der Waals surface area contributed by atoms with E-state index in [0.29, 0.717) is 10.7 Å². The van der Waals surface area contributed by atoms with E-state index < -0.39 is 34.7 Å². The maximum absolute atomic E-state index is 12.9. The molecule has 6 nitrogen and oxygen atoms in total. The number of hydrogen-bond acceptors (Lipinski definition) is 5. The molecule has 0 unspecified atom stereocenters. The van der Waals surface area contributed by atoms with Gasteiger partial charge in [0.05, 0.1) is 7.11 Å². The van der Waals surface area contributed by atoms with Crippen LogP contribution in [-0.4, -0.2) is 30.6 Å². The van der Waals surface area contributed by atoms with Gasteiger partial charge in [-0.25, -0.2) is 4.79 Å². The van der Waals surface area contributed by atoms with Crippen LogP contribution in [0.1, 0.15) is 15.9 Å². The van der Waals surface area contributed by atoms with Crippen molar-refractivity contribution < 1.29 is 23.9 Å². The van der Waals surface area contributed by atoms with Crippen LogP contribution in [0.5, 0.6) is 0 Å². The largest absolute Gasteiger partial charge is 0.464 e. The summed E-state index contributed by atoms with van der Waals surface area (Å²) in [4.78, 5) is 51.3. The fourth-order valence-electron chi connectivity index (χ4n) is 2.72. The Morgan fingerprint density at radius 1 is 0.963 bits per heavy atom. The molecule has 0 N–H and O–H groups in total. The molecule has 2 aromatic carbocycles. The monoisotopic (exact) mass is 383 g/mol. The van der Waals surface area contributed by atoms with Gasteiger partial charge in [-0.2, -0.15) is 0 Å². The molecule has 0 bridgehead atoms. The van der Waals surface area contributed by atoms with Crippen molar-refractivity contribution in [2.24, 2.45) is 0 Å². The van der Waals surface area contributed by atoms with Crippen LogP contribution in [0.4, 0.5) is 5.69 Å². The van der Waals surface area contributed by atoms with Gasteiger partial charge in [0.1, 0.15) is 5.57 Å². The maximum Gasteiger partial charge on any atom is 0.356 e. The lowest BCUT2D eigenvalue weighted by Crippen LogP contribution is -2.31. The number of rotatable bonds is 4. The fourth-order valence-corrected chi connectivity index (χ4v) is 2.84. The summed E-state index contributed by atoms with van der Waals surface area (Å²) >= 11 is 5.82. The molecule has 1 heterocycles. The summed E-state index contributed by atoms with van der Waals surface area (Å²) in [6, 6.07) is 12.4. The number of ether oxygens (including phenoxy) is 1. The predicted octanol–water partition coefficient (Wildman–Crippen LogP) is 2.87. The second-order valence-corrected chi connectivity index (χ2v) is 6.29. The van der Waals surface area contributed by atoms with Crippen molar-refractivity contribution in [1.29, 1.82) is 0 Å². The van der Waals surface area contributed by atoms with Gasteiger partial charge in [-0.05, 0) is 43.3 Å². The van der Waals surface area contributed by atoms with Crippen LogP contribution in [-0.2, 0) is 19.1 Å². The molecule has 7 heteroatoms. The van der Waals surface area contributed by atoms with Gasteiger partial charge in [0, 0.05) is 16.3 Å². The highest BCUT2D eigenvalue weighted by Crippen LogP contribution is 2.31. The van der Waals surface area contributed by atoms with Crippen molar-refractivity contribution in [2.45, 2.75) is 6.92 Å². The molecular formula is C20H14ClNO5. The van der Waals surface area contributed by atoms with E-state index in [4.69, 9.17) is 16.3 Å². The highest BCUT2D eigenvalue weighted by molar-refractivity contribution is 6.59. The molecule has 0 saturated carbocycles. The summed E-state index contributed by atoms with van der Waals surface area (Å²) < 4.78 is 4.73. The SMILES string of the molecule is COC(=O)C1=C(C(=O)c2ccc(Cl)cc2)C(=O)C(=O)N1c1ccc(C)cc1. The molecule has 0 saturated heterocycles. The molecular weight excluding hydrogens is 370 g/mol. The number of esters is 1. The normalized spacial score (nSPS) is 14.0. The molecule has 0 atom stereocenters. The Bertz CT molecular complexity index is 990. The number of benzene rings is 2. The van der Waals surface area contributed by atoms with E-state index in [1.54, 1.807) is 24.3 Å². The third kappa shape index (κ3) is 3.27. The van der Waals surface area contributed by atoms with Crippen molar-refractivity contribution in [3.63, 3.8) is 0 Å². The Morgan fingerprint density at radius 3 is 2.11 bits per heavy atom. The van der Waals surface area contributed by atoms with Gasteiger partial charge in [-0.3, -0.25) is 19.3 Å². The first-order chi connectivity index (χ1) is 12.8. The summed E-state index contributed by atoms with van der Waals surface area (Å²) in [6.45, 7) is 1.85. The first-order valence-electron chi connectivity index (χ1n) is 7.93. The minimum atomic E-state index is -1.06. The summed E-state index contributed by atoms with van der Waals surface area (Å²) in [7, 11) is 1.11. The fraction of sp³-hybridized carbons (Fsp3) is 0.100. The summed E-state index contributed by atoms with van der Waals surface area (Å²) in [5.74, 6) is -3.75. The Kier molecular flexibility index (Phi) is 4.92. The number of aryl methyl sites for hydroxylation is 1. The summed E-state index contributed by atoms with van der Waals surface area (Å²) in [6.07, 6.45) is 0. The van der Waals surface area contributed by atoms with Crippen LogP contribution in [0.15, 0.2) is 59.8 Å². The minimum Gasteiger partial charge on any atom is -0.464 e. The van der Waals surface area contributed by atoms with Crippen LogP contribution >= 0.6 is 11.6 Å². The molecule has 1 aliphatic rings. The Morgan fingerprint density at radius 2 is 1.56 bits per heavy atom. The average molecular weight is 384 g/mol. The van der Waals surface area contributed by atoms with Gasteiger partial charge in [-0.1, -0.05) is 29.3 Å². The van der Waals surface area contributed by atoms with E-state index in [2.05, 4.69) is 0 Å². The lowest BCUT2D eigenvalue weighted by atomic mass is 10.00. The van der Waals surface area contributed by atoms with Crippen LogP contribution in [0.25, 0.3) is 0 Å². The number of amides is 1. The number of hydrogen-bond donors (Lipinski definition) is 0. The number of anilines is 1. The smallest absolute Gasteiger partial charge is 0.356 e. The van der Waals surface area contributed by atoms with E-state index in [0.717, 1.165) is 17.6 Å². The minimum absolute atomic E-state index is 0.128. The standard InChI is InChI=1S/C20H14ClNO5/c1-11-3-9-14(10-4-11)22-16(20(26)27-2)15(18(24)19(22)25)17(23)12-5-7-13(21)8-6-12/h3-10H,1-2H3. The third-order valence-corrected chi connectivity index (χ3v) is 4.34. The molecule has 0 fully saturated rings. The average Bonchev–Trinajstić information content (AvgIpc) is 2.93. The summed E-state index contributed by atoms with van der Waals surface area (Å²) in [5, 5.41) is 0.406. The van der Waals surface area contributed by atoms with Crippen molar-refractivity contribution >= 4 is 40.7 Å². The summed E-state index contributed by atoms with van der Waals surface area (Å²) in [5.41, 5.74) is 0.435. The van der Waals surface area contributed by atoms with Crippen molar-refractivity contribution in [2.75, 3.05) is 12.0 Å². The van der Waals surface area contributed by atoms with Crippen LogP contribution in [0.2, 0.25) is 5.02 Å². The zero-order valence-electron chi connectivity index (χ0n) is 14.5. The number of Topliss-reactive ketones (excluding diaryl/α,β-unsaturated/α-hetero) is 2. The topological polar surface area (TPSA) is 80.8 Å². The van der Waals surface area contributed by atoms with Gasteiger partial charge in [0.15, 0.2) is 11.5 Å². The Balaban J connectivity index is 2.18. The predicted molar refractivity (Wildman–Crippen MR) is 98.5 cm³/mol. The first kappa shape index (κ1) is 18.5. The van der Waals surface area contributed by atoms with Gasteiger partial charge in [0.2, 0.25) is 0 Å². The Labute approximate surface area is 160 Å². The number of halogens is 1. The molecule has 27 heavy (non-hydrogen) atoms. The van der Waals surface area contributed by atoms with Gasteiger partial charge in [-0.15, -0.1) is 0 Å². The molecule has 1 amide bonds. The van der Waals surface area contributed by atoms with E-state index >= 15 is 0 Å². The number of carbonyl (C=O) groups excluding carboxylic acids is 4. The molecule has 1 aliphatic heterocycles. The van der Waals surface area contributed by atoms with Crippen LogP contribution in [0, 0.1) is 6.92 Å². The van der Waals surface area contributed by atoms with Crippen molar-refractivity contribution in [3.8, 4) is 0 Å². The zero-order valence-corrected chi connectivity index (χ0v) is 15.2. The number of carbonyl (C=O) groups is 4. The second-order valence-electron chi connectivity index (χ2n) is 5.86. The number of nitrogens with zero attached hydrogens (tertiary/aromatic N) is 1. The molecule has 0 radical (unpaired) electrons. The molecule has 2 aromatic rings. The second kappa shape index (κ2) is 7.17. The Hall–Kier alpha value is -3.25. The van der Waals surface area contributed by atoms with E-state index in [1.807, 2.05) is 6.92 Å². The van der Waals surface area contributed by atoms with E-state index in [-0.39, 0.29) is 5.56 Å². The van der Waals surface area contributed by atoms with Gasteiger partial charge < -0.3 is 4.74 Å². The maximum atomic E-state index is 12.9. The van der Waals surface area contributed by atoms with Crippen molar-refractivity contribution in [3.05, 3.63) is 76.0 Å². The first-order valence-corrected chi connectivity index (χ1v) is 8.31. The highest BCUT2D eigenvalue weighted by atomic mass is 35.5. The molecule has 3 rings (SSSR count). The quantitative estimate of drug-likeness (QED) is 0.351. The highest BCUT2D eigenvalue weighted by Gasteiger charge is 2.46. The number of methoxy groups -OCH3 is 1.